The van der Waals surface area contributed by atoms with Gasteiger partial charge in [-0.25, -0.2) is 0 Å². The van der Waals surface area contributed by atoms with Crippen molar-refractivity contribution in [2.75, 3.05) is 11.4 Å². The number of fused-ring (bicyclic) bond motifs is 1. The van der Waals surface area contributed by atoms with Gasteiger partial charge in [0.2, 0.25) is 0 Å². The van der Waals surface area contributed by atoms with E-state index in [-0.39, 0.29) is 5.84 Å². The first-order valence-electron chi connectivity index (χ1n) is 7.56. The van der Waals surface area contributed by atoms with Gasteiger partial charge in [0.15, 0.2) is 0 Å². The van der Waals surface area contributed by atoms with Crippen LogP contribution in [-0.4, -0.2) is 23.4 Å². The summed E-state index contributed by atoms with van der Waals surface area (Å²) in [4.78, 5) is 6.84. The number of hydrogen-bond donors (Lipinski definition) is 2. The maximum atomic E-state index is 7.89. The summed E-state index contributed by atoms with van der Waals surface area (Å²) in [5, 5.41) is 8.98. The van der Waals surface area contributed by atoms with Crippen LogP contribution in [-0.2, 0) is 0 Å². The summed E-state index contributed by atoms with van der Waals surface area (Å²) in [6, 6.07) is 8.47. The number of nitrogen functional groups attached to an aromatic ring is 1. The van der Waals surface area contributed by atoms with E-state index < -0.39 is 0 Å². The van der Waals surface area contributed by atoms with Gasteiger partial charge in [-0.1, -0.05) is 18.2 Å². The molecule has 2 aromatic rings. The monoisotopic (exact) mass is 282 g/mol. The molecule has 0 spiro atoms. The predicted octanol–water partition coefficient (Wildman–Crippen LogP) is 3.14. The molecular formula is C17H22N4. The number of nitrogens with two attached hydrogens (primary N) is 1. The summed E-state index contributed by atoms with van der Waals surface area (Å²) in [5.74, 6) is 0.865. The SMILES string of the molecule is CC(C)N(CC1CC1)c1c(C(=N)N)cnc2ccccc12. The standard InChI is InChI=1S/C17H22N4/c1-11(2)21(10-12-7-8-12)16-13-5-3-4-6-15(13)20-9-14(16)17(18)19/h3-6,9,11-12H,7-8,10H2,1-2H3,(H3,18,19). The van der Waals surface area contributed by atoms with Crippen LogP contribution in [0, 0.1) is 11.3 Å². The number of para-hydroxylation sites is 1. The number of nitrogens with one attached hydrogen (secondary N) is 1. The fourth-order valence-electron chi connectivity index (χ4n) is 2.77. The molecule has 0 unspecified atom stereocenters. The molecule has 1 aliphatic carbocycles. The van der Waals surface area contributed by atoms with Gasteiger partial charge in [-0.2, -0.15) is 0 Å². The smallest absolute Gasteiger partial charge is 0.126 e. The Hall–Kier alpha value is -2.10. The second-order valence-corrected chi connectivity index (χ2v) is 6.14. The quantitative estimate of drug-likeness (QED) is 0.654. The van der Waals surface area contributed by atoms with Crippen molar-refractivity contribution in [1.82, 2.24) is 4.98 Å². The Balaban J connectivity index is 2.20. The van der Waals surface area contributed by atoms with Crippen LogP contribution in [0.15, 0.2) is 30.5 Å². The van der Waals surface area contributed by atoms with Gasteiger partial charge in [0, 0.05) is 24.2 Å². The molecule has 0 amide bonds. The second kappa shape index (κ2) is 5.35. The number of nitrogens with zero attached hydrogens (tertiary/aromatic N) is 2. The minimum absolute atomic E-state index is 0.0877. The first-order chi connectivity index (χ1) is 10.1. The van der Waals surface area contributed by atoms with Crippen LogP contribution in [0.4, 0.5) is 5.69 Å². The third-order valence-electron chi connectivity index (χ3n) is 4.10. The van der Waals surface area contributed by atoms with Crippen LogP contribution in [0.3, 0.4) is 0 Å². The van der Waals surface area contributed by atoms with Gasteiger partial charge >= 0.3 is 0 Å². The van der Waals surface area contributed by atoms with Gasteiger partial charge in [-0.3, -0.25) is 10.4 Å². The highest BCUT2D eigenvalue weighted by Crippen LogP contribution is 2.36. The number of hydrogen-bond acceptors (Lipinski definition) is 3. The molecule has 0 aliphatic heterocycles. The minimum Gasteiger partial charge on any atom is -0.384 e. The molecule has 21 heavy (non-hydrogen) atoms. The summed E-state index contributed by atoms with van der Waals surface area (Å²) >= 11 is 0. The molecule has 3 N–H and O–H groups in total. The van der Waals surface area contributed by atoms with E-state index >= 15 is 0 Å². The van der Waals surface area contributed by atoms with Crippen LogP contribution in [0.25, 0.3) is 10.9 Å². The van der Waals surface area contributed by atoms with Crippen molar-refractivity contribution in [3.8, 4) is 0 Å². The summed E-state index contributed by atoms with van der Waals surface area (Å²) in [6.07, 6.45) is 4.35. The normalized spacial score (nSPS) is 14.6. The highest BCUT2D eigenvalue weighted by molar-refractivity contribution is 6.07. The van der Waals surface area contributed by atoms with E-state index in [1.54, 1.807) is 6.20 Å². The molecule has 0 radical (unpaired) electrons. The molecule has 1 fully saturated rings. The van der Waals surface area contributed by atoms with E-state index in [1.807, 2.05) is 18.2 Å². The number of anilines is 1. The summed E-state index contributed by atoms with van der Waals surface area (Å²) in [7, 11) is 0. The number of amidine groups is 1. The van der Waals surface area contributed by atoms with Crippen molar-refractivity contribution < 1.29 is 0 Å². The average molecular weight is 282 g/mol. The molecule has 1 aliphatic rings. The zero-order valence-electron chi connectivity index (χ0n) is 12.6. The second-order valence-electron chi connectivity index (χ2n) is 6.14. The number of aromatic nitrogens is 1. The molecule has 4 heteroatoms. The van der Waals surface area contributed by atoms with Crippen molar-refractivity contribution in [2.45, 2.75) is 32.7 Å². The van der Waals surface area contributed by atoms with Crippen molar-refractivity contribution in [3.05, 3.63) is 36.0 Å². The average Bonchev–Trinajstić information content (AvgIpc) is 3.27. The fraction of sp³-hybridized carbons (Fsp3) is 0.412. The molecule has 1 aromatic heterocycles. The maximum absolute atomic E-state index is 7.89. The molecule has 0 saturated heterocycles. The third kappa shape index (κ3) is 2.71. The van der Waals surface area contributed by atoms with Gasteiger partial charge in [0.25, 0.3) is 0 Å². The van der Waals surface area contributed by atoms with Crippen molar-refractivity contribution >= 4 is 22.4 Å². The van der Waals surface area contributed by atoms with E-state index in [0.717, 1.165) is 34.6 Å². The Morgan fingerprint density at radius 3 is 2.71 bits per heavy atom. The molecule has 0 bridgehead atoms. The Morgan fingerprint density at radius 2 is 2.10 bits per heavy atom. The molecule has 1 aromatic carbocycles. The van der Waals surface area contributed by atoms with E-state index in [4.69, 9.17) is 11.1 Å². The topological polar surface area (TPSA) is 66.0 Å². The van der Waals surface area contributed by atoms with Crippen LogP contribution in [0.2, 0.25) is 0 Å². The van der Waals surface area contributed by atoms with Crippen molar-refractivity contribution in [2.24, 2.45) is 11.7 Å². The number of rotatable bonds is 5. The largest absolute Gasteiger partial charge is 0.384 e. The molecule has 4 nitrogen and oxygen atoms in total. The van der Waals surface area contributed by atoms with Gasteiger partial charge in [0.05, 0.1) is 16.8 Å². The van der Waals surface area contributed by atoms with Crippen LogP contribution < -0.4 is 10.6 Å². The zero-order chi connectivity index (χ0) is 15.0. The van der Waals surface area contributed by atoms with Gasteiger partial charge in [0.1, 0.15) is 5.84 Å². The first kappa shape index (κ1) is 13.9. The van der Waals surface area contributed by atoms with Crippen LogP contribution in [0.1, 0.15) is 32.3 Å². The summed E-state index contributed by atoms with van der Waals surface area (Å²) < 4.78 is 0. The fourth-order valence-corrected chi connectivity index (χ4v) is 2.77. The van der Waals surface area contributed by atoms with E-state index in [0.29, 0.717) is 6.04 Å². The molecule has 1 heterocycles. The van der Waals surface area contributed by atoms with Crippen LogP contribution >= 0.6 is 0 Å². The Bertz CT molecular complexity index is 674. The highest BCUT2D eigenvalue weighted by Gasteiger charge is 2.28. The van der Waals surface area contributed by atoms with Gasteiger partial charge < -0.3 is 10.6 Å². The maximum Gasteiger partial charge on any atom is 0.126 e. The molecule has 3 rings (SSSR count). The highest BCUT2D eigenvalue weighted by atomic mass is 15.2. The number of pyridine rings is 1. The Morgan fingerprint density at radius 1 is 1.38 bits per heavy atom. The number of benzene rings is 1. The summed E-state index contributed by atoms with van der Waals surface area (Å²) in [6.45, 7) is 5.43. The third-order valence-corrected chi connectivity index (χ3v) is 4.10. The van der Waals surface area contributed by atoms with E-state index in [9.17, 15) is 0 Å². The van der Waals surface area contributed by atoms with Crippen LogP contribution in [0.5, 0.6) is 0 Å². The van der Waals surface area contributed by atoms with Crippen molar-refractivity contribution in [3.63, 3.8) is 0 Å². The molecular weight excluding hydrogens is 260 g/mol. The van der Waals surface area contributed by atoms with Gasteiger partial charge in [-0.05, 0) is 38.7 Å². The lowest BCUT2D eigenvalue weighted by Crippen LogP contribution is -2.35. The van der Waals surface area contributed by atoms with E-state index in [1.165, 1.54) is 12.8 Å². The summed E-state index contributed by atoms with van der Waals surface area (Å²) in [5.41, 5.74) is 8.57. The van der Waals surface area contributed by atoms with Gasteiger partial charge in [-0.15, -0.1) is 0 Å². The lowest BCUT2D eigenvalue weighted by molar-refractivity contribution is 0.646. The molecule has 0 atom stereocenters. The van der Waals surface area contributed by atoms with E-state index in [2.05, 4.69) is 29.8 Å². The Labute approximate surface area is 125 Å². The minimum atomic E-state index is 0.0877. The lowest BCUT2D eigenvalue weighted by atomic mass is 10.1. The first-order valence-corrected chi connectivity index (χ1v) is 7.56. The zero-order valence-corrected chi connectivity index (χ0v) is 12.6. The molecule has 110 valence electrons. The lowest BCUT2D eigenvalue weighted by Gasteiger charge is -2.32. The Kier molecular flexibility index (Phi) is 3.53. The van der Waals surface area contributed by atoms with Crippen molar-refractivity contribution in [1.29, 1.82) is 5.41 Å². The molecule has 1 saturated carbocycles. The predicted molar refractivity (Wildman–Crippen MR) is 88.0 cm³/mol.